The molecule has 6 nitrogen and oxygen atoms in total. The molecule has 24 heavy (non-hydrogen) atoms. The van der Waals surface area contributed by atoms with Crippen molar-refractivity contribution in [2.45, 2.75) is 6.92 Å². The van der Waals surface area contributed by atoms with Crippen molar-refractivity contribution in [3.8, 4) is 0 Å². The molecule has 0 aliphatic carbocycles. The van der Waals surface area contributed by atoms with Crippen LogP contribution >= 0.6 is 12.2 Å². The molecule has 0 heterocycles. The number of anilines is 2. The second-order valence-corrected chi connectivity index (χ2v) is 7.24. The number of hydrogen-bond donors (Lipinski definition) is 3. The van der Waals surface area contributed by atoms with Crippen LogP contribution in [-0.4, -0.2) is 25.5 Å². The lowest BCUT2D eigenvalue weighted by Crippen LogP contribution is -2.24. The van der Waals surface area contributed by atoms with Crippen molar-refractivity contribution in [2.75, 3.05) is 16.3 Å². The van der Waals surface area contributed by atoms with E-state index in [4.69, 9.17) is 12.2 Å². The molecule has 0 unspecified atom stereocenters. The van der Waals surface area contributed by atoms with Crippen molar-refractivity contribution in [1.29, 1.82) is 0 Å². The van der Waals surface area contributed by atoms with Crippen molar-refractivity contribution in [2.24, 2.45) is 5.10 Å². The SMILES string of the molecule is CC(=NNC(=S)Nc1ccccc1)c1ccc(NS(C)(=O)=O)cc1. The van der Waals surface area contributed by atoms with E-state index in [0.29, 0.717) is 10.8 Å². The summed E-state index contributed by atoms with van der Waals surface area (Å²) in [5.74, 6) is 0. The van der Waals surface area contributed by atoms with Crippen LogP contribution in [-0.2, 0) is 10.0 Å². The van der Waals surface area contributed by atoms with E-state index in [2.05, 4.69) is 20.6 Å². The highest BCUT2D eigenvalue weighted by atomic mass is 32.2. The minimum Gasteiger partial charge on any atom is -0.331 e. The minimum atomic E-state index is -3.28. The number of nitrogens with one attached hydrogen (secondary N) is 3. The van der Waals surface area contributed by atoms with Crippen LogP contribution < -0.4 is 15.5 Å². The molecule has 0 fully saturated rings. The van der Waals surface area contributed by atoms with Crippen LogP contribution in [0.4, 0.5) is 11.4 Å². The molecule has 0 aliphatic rings. The highest BCUT2D eigenvalue weighted by molar-refractivity contribution is 7.92. The summed E-state index contributed by atoms with van der Waals surface area (Å²) >= 11 is 5.18. The van der Waals surface area contributed by atoms with Gasteiger partial charge in [-0.1, -0.05) is 30.3 Å². The fourth-order valence-electron chi connectivity index (χ4n) is 1.87. The van der Waals surface area contributed by atoms with E-state index in [-0.39, 0.29) is 0 Å². The molecule has 0 radical (unpaired) electrons. The number of thiocarbonyl (C=S) groups is 1. The van der Waals surface area contributed by atoms with Crippen LogP contribution in [0, 0.1) is 0 Å². The highest BCUT2D eigenvalue weighted by Gasteiger charge is 2.03. The van der Waals surface area contributed by atoms with Gasteiger partial charge in [0.2, 0.25) is 10.0 Å². The molecular formula is C16H18N4O2S2. The molecule has 2 aromatic rings. The lowest BCUT2D eigenvalue weighted by Gasteiger charge is -2.08. The maximum atomic E-state index is 11.2. The maximum Gasteiger partial charge on any atom is 0.229 e. The first-order valence-corrected chi connectivity index (χ1v) is 9.38. The van der Waals surface area contributed by atoms with Gasteiger partial charge in [-0.05, 0) is 49.0 Å². The zero-order valence-electron chi connectivity index (χ0n) is 13.3. The Morgan fingerprint density at radius 2 is 1.62 bits per heavy atom. The maximum absolute atomic E-state index is 11.2. The van der Waals surface area contributed by atoms with E-state index in [1.807, 2.05) is 37.3 Å². The quantitative estimate of drug-likeness (QED) is 0.433. The summed E-state index contributed by atoms with van der Waals surface area (Å²) in [4.78, 5) is 0. The molecule has 3 N–H and O–H groups in total. The minimum absolute atomic E-state index is 0.385. The van der Waals surface area contributed by atoms with Gasteiger partial charge in [-0.15, -0.1) is 0 Å². The molecule has 0 spiro atoms. The second kappa shape index (κ2) is 7.89. The summed E-state index contributed by atoms with van der Waals surface area (Å²) in [6, 6.07) is 16.5. The number of hydrazone groups is 1. The molecule has 0 saturated carbocycles. The first-order valence-electron chi connectivity index (χ1n) is 7.08. The van der Waals surface area contributed by atoms with E-state index >= 15 is 0 Å². The summed E-state index contributed by atoms with van der Waals surface area (Å²) in [7, 11) is -3.28. The summed E-state index contributed by atoms with van der Waals surface area (Å²) in [6.07, 6.45) is 1.11. The van der Waals surface area contributed by atoms with Crippen LogP contribution in [0.15, 0.2) is 59.7 Å². The zero-order valence-corrected chi connectivity index (χ0v) is 14.9. The van der Waals surface area contributed by atoms with E-state index in [9.17, 15) is 8.42 Å². The lowest BCUT2D eigenvalue weighted by atomic mass is 10.1. The molecule has 0 aromatic heterocycles. The number of sulfonamides is 1. The molecule has 8 heteroatoms. The molecule has 0 saturated heterocycles. The Balaban J connectivity index is 1.96. The first kappa shape index (κ1) is 17.9. The van der Waals surface area contributed by atoms with Gasteiger partial charge in [0.05, 0.1) is 12.0 Å². The van der Waals surface area contributed by atoms with Gasteiger partial charge in [-0.25, -0.2) is 8.42 Å². The Morgan fingerprint density at radius 3 is 2.21 bits per heavy atom. The van der Waals surface area contributed by atoms with Crippen molar-refractivity contribution in [3.63, 3.8) is 0 Å². The standard InChI is InChI=1S/C16H18N4O2S2/c1-12(13-8-10-15(11-9-13)20-24(2,21)22)18-19-16(23)17-14-6-4-3-5-7-14/h3-11,20H,1-2H3,(H2,17,19,23). The molecular weight excluding hydrogens is 344 g/mol. The molecule has 2 aromatic carbocycles. The summed E-state index contributed by atoms with van der Waals surface area (Å²) < 4.78 is 24.8. The monoisotopic (exact) mass is 362 g/mol. The van der Waals surface area contributed by atoms with Gasteiger partial charge in [0, 0.05) is 11.4 Å². The Morgan fingerprint density at radius 1 is 1.00 bits per heavy atom. The Bertz CT molecular complexity index is 832. The van der Waals surface area contributed by atoms with Gasteiger partial charge in [-0.3, -0.25) is 10.1 Å². The van der Waals surface area contributed by atoms with Crippen LogP contribution in [0.1, 0.15) is 12.5 Å². The third-order valence-corrected chi connectivity index (χ3v) is 3.76. The van der Waals surface area contributed by atoms with Crippen molar-refractivity contribution in [3.05, 3.63) is 60.2 Å². The predicted octanol–water partition coefficient (Wildman–Crippen LogP) is 2.77. The van der Waals surface area contributed by atoms with Crippen LogP contribution in [0.3, 0.4) is 0 Å². The van der Waals surface area contributed by atoms with Gasteiger partial charge >= 0.3 is 0 Å². The Kier molecular flexibility index (Phi) is 5.88. The van der Waals surface area contributed by atoms with Gasteiger partial charge in [0.1, 0.15) is 0 Å². The summed E-state index contributed by atoms with van der Waals surface area (Å²) in [5, 5.41) is 7.62. The van der Waals surface area contributed by atoms with Crippen molar-refractivity contribution >= 4 is 44.4 Å². The topological polar surface area (TPSA) is 82.6 Å². The Hall–Kier alpha value is -2.45. The third kappa shape index (κ3) is 5.98. The Labute approximate surface area is 147 Å². The molecule has 126 valence electrons. The molecule has 0 amide bonds. The zero-order chi connectivity index (χ0) is 17.6. The van der Waals surface area contributed by atoms with Crippen molar-refractivity contribution < 1.29 is 8.42 Å². The van der Waals surface area contributed by atoms with Gasteiger partial charge in [0.25, 0.3) is 0 Å². The second-order valence-electron chi connectivity index (χ2n) is 5.08. The number of benzene rings is 2. The van der Waals surface area contributed by atoms with Gasteiger partial charge in [0.15, 0.2) is 5.11 Å². The molecule has 0 bridgehead atoms. The van der Waals surface area contributed by atoms with Gasteiger partial charge in [-0.2, -0.15) is 5.10 Å². The fourth-order valence-corrected chi connectivity index (χ4v) is 2.60. The average Bonchev–Trinajstić information content (AvgIpc) is 2.53. The third-order valence-electron chi connectivity index (χ3n) is 2.96. The smallest absolute Gasteiger partial charge is 0.229 e. The number of hydrogen-bond acceptors (Lipinski definition) is 4. The fraction of sp³-hybridized carbons (Fsp3) is 0.125. The molecule has 0 aliphatic heterocycles. The predicted molar refractivity (Wildman–Crippen MR) is 103 cm³/mol. The number of para-hydroxylation sites is 1. The summed E-state index contributed by atoms with van der Waals surface area (Å²) in [5.41, 5.74) is 5.73. The molecule has 2 rings (SSSR count). The van der Waals surface area contributed by atoms with E-state index in [1.165, 1.54) is 0 Å². The summed E-state index contributed by atoms with van der Waals surface area (Å²) in [6.45, 7) is 1.83. The number of nitrogens with zero attached hydrogens (tertiary/aromatic N) is 1. The largest absolute Gasteiger partial charge is 0.331 e. The normalized spacial score (nSPS) is 11.7. The lowest BCUT2D eigenvalue weighted by molar-refractivity contribution is 0.607. The number of rotatable bonds is 5. The van der Waals surface area contributed by atoms with E-state index < -0.39 is 10.0 Å². The van der Waals surface area contributed by atoms with Crippen LogP contribution in [0.2, 0.25) is 0 Å². The van der Waals surface area contributed by atoms with E-state index in [1.54, 1.807) is 24.3 Å². The van der Waals surface area contributed by atoms with Crippen LogP contribution in [0.5, 0.6) is 0 Å². The van der Waals surface area contributed by atoms with Gasteiger partial charge < -0.3 is 5.32 Å². The first-order chi connectivity index (χ1) is 11.3. The molecule has 0 atom stereocenters. The average molecular weight is 362 g/mol. The van der Waals surface area contributed by atoms with Crippen LogP contribution in [0.25, 0.3) is 0 Å². The van der Waals surface area contributed by atoms with Crippen molar-refractivity contribution in [1.82, 2.24) is 5.43 Å². The van der Waals surface area contributed by atoms with E-state index in [0.717, 1.165) is 23.2 Å². The highest BCUT2D eigenvalue weighted by Crippen LogP contribution is 2.11.